The number of hydrogen-bond acceptors (Lipinski definition) is 4. The molecule has 0 fully saturated rings. The number of hydrogen-bond donors (Lipinski definition) is 1. The van der Waals surface area contributed by atoms with Crippen LogP contribution in [-0.2, 0) is 14.3 Å². The third-order valence-corrected chi connectivity index (χ3v) is 2.32. The summed E-state index contributed by atoms with van der Waals surface area (Å²) in [6.45, 7) is 4.05. The summed E-state index contributed by atoms with van der Waals surface area (Å²) in [4.78, 5) is 22.1. The number of carbonyl (C=O) groups is 2. The van der Waals surface area contributed by atoms with Crippen molar-refractivity contribution in [2.45, 2.75) is 13.8 Å². The van der Waals surface area contributed by atoms with Crippen LogP contribution in [0.2, 0.25) is 0 Å². The van der Waals surface area contributed by atoms with Gasteiger partial charge in [-0.25, -0.2) is 4.79 Å². The van der Waals surface area contributed by atoms with E-state index in [-0.39, 0.29) is 19.8 Å². The van der Waals surface area contributed by atoms with Crippen LogP contribution in [0.1, 0.15) is 12.5 Å². The summed E-state index contributed by atoms with van der Waals surface area (Å²) in [7, 11) is 0. The zero-order valence-corrected chi connectivity index (χ0v) is 11.6. The number of nitrogens with one attached hydrogen (secondary N) is 1. The van der Waals surface area contributed by atoms with Crippen LogP contribution < -0.4 is 10.1 Å². The molecule has 0 aliphatic carbocycles. The highest BCUT2D eigenvalue weighted by atomic mass is 16.5. The molecular weight excluding hydrogens is 258 g/mol. The lowest BCUT2D eigenvalue weighted by Gasteiger charge is -2.04. The zero-order valence-electron chi connectivity index (χ0n) is 11.6. The largest absolute Gasteiger partial charge is 0.481 e. The van der Waals surface area contributed by atoms with Crippen molar-refractivity contribution in [1.82, 2.24) is 5.32 Å². The maximum Gasteiger partial charge on any atom is 0.396 e. The lowest BCUT2D eigenvalue weighted by Crippen LogP contribution is -2.32. The molecule has 0 aliphatic rings. The number of amides is 1. The molecule has 0 atom stereocenters. The molecule has 1 rings (SSSR count). The fourth-order valence-electron chi connectivity index (χ4n) is 1.34. The Labute approximate surface area is 118 Å². The Hall–Kier alpha value is -2.48. The molecule has 0 aromatic heterocycles. The molecule has 5 heteroatoms. The van der Waals surface area contributed by atoms with Crippen molar-refractivity contribution in [3.8, 4) is 17.6 Å². The maximum absolute atomic E-state index is 11.1. The predicted octanol–water partition coefficient (Wildman–Crippen LogP) is 1.06. The third-order valence-electron chi connectivity index (χ3n) is 2.32. The number of esters is 1. The minimum absolute atomic E-state index is 0.0782. The smallest absolute Gasteiger partial charge is 0.396 e. The highest BCUT2D eigenvalue weighted by Crippen LogP contribution is 2.15. The lowest BCUT2D eigenvalue weighted by molar-refractivity contribution is -0.154. The van der Waals surface area contributed by atoms with Crippen LogP contribution in [0, 0.1) is 18.8 Å². The van der Waals surface area contributed by atoms with Crippen LogP contribution in [0.4, 0.5) is 0 Å². The highest BCUT2D eigenvalue weighted by molar-refractivity contribution is 6.32. The summed E-state index contributed by atoms with van der Waals surface area (Å²) in [5.74, 6) is 4.52. The van der Waals surface area contributed by atoms with Gasteiger partial charge in [0.05, 0.1) is 13.2 Å². The molecule has 1 aromatic rings. The highest BCUT2D eigenvalue weighted by Gasteiger charge is 2.12. The molecule has 106 valence electrons. The molecule has 1 amide bonds. The Morgan fingerprint density at radius 3 is 2.70 bits per heavy atom. The molecule has 20 heavy (non-hydrogen) atoms. The van der Waals surface area contributed by atoms with E-state index in [1.165, 1.54) is 0 Å². The first-order chi connectivity index (χ1) is 9.65. The van der Waals surface area contributed by atoms with E-state index in [0.29, 0.717) is 0 Å². The van der Waals surface area contributed by atoms with Crippen LogP contribution in [0.15, 0.2) is 24.3 Å². The van der Waals surface area contributed by atoms with Gasteiger partial charge in [-0.3, -0.25) is 4.79 Å². The summed E-state index contributed by atoms with van der Waals surface area (Å²) in [5, 5.41) is 2.33. The molecule has 0 heterocycles. The Kier molecular flexibility index (Phi) is 6.69. The number of benzene rings is 1. The fourth-order valence-corrected chi connectivity index (χ4v) is 1.34. The summed E-state index contributed by atoms with van der Waals surface area (Å²) in [6, 6.07) is 7.62. The maximum atomic E-state index is 11.1. The van der Waals surface area contributed by atoms with E-state index in [1.807, 2.05) is 31.2 Å². The molecule has 0 bridgehead atoms. The van der Waals surface area contributed by atoms with Gasteiger partial charge >= 0.3 is 11.9 Å². The van der Waals surface area contributed by atoms with E-state index in [9.17, 15) is 9.59 Å². The Bertz CT molecular complexity index is 528. The number of aryl methyl sites for hydroxylation is 1. The van der Waals surface area contributed by atoms with Crippen LogP contribution >= 0.6 is 0 Å². The predicted molar refractivity (Wildman–Crippen MR) is 74.1 cm³/mol. The van der Waals surface area contributed by atoms with Crippen LogP contribution in [-0.4, -0.2) is 31.6 Å². The van der Waals surface area contributed by atoms with Crippen molar-refractivity contribution < 1.29 is 19.1 Å². The van der Waals surface area contributed by atoms with Crippen molar-refractivity contribution in [2.24, 2.45) is 0 Å². The number of para-hydroxylation sites is 1. The van der Waals surface area contributed by atoms with E-state index < -0.39 is 11.9 Å². The number of ether oxygens (including phenoxy) is 2. The van der Waals surface area contributed by atoms with E-state index in [1.54, 1.807) is 6.92 Å². The molecule has 0 aliphatic heterocycles. The second kappa shape index (κ2) is 8.59. The zero-order chi connectivity index (χ0) is 14.8. The fraction of sp³-hybridized carbons (Fsp3) is 0.333. The molecule has 0 radical (unpaired) electrons. The number of rotatable bonds is 4. The van der Waals surface area contributed by atoms with E-state index in [2.05, 4.69) is 21.9 Å². The standard InChI is InChI=1S/C15H17NO4/c1-3-19-15(18)14(17)16-10-6-7-11-20-13-9-5-4-8-12(13)2/h4-5,8-9H,3,10-11H2,1-2H3,(H,16,17). The Morgan fingerprint density at radius 1 is 1.25 bits per heavy atom. The summed E-state index contributed by atoms with van der Waals surface area (Å²) < 4.78 is 9.98. The van der Waals surface area contributed by atoms with Gasteiger partial charge in [0.15, 0.2) is 0 Å². The summed E-state index contributed by atoms with van der Waals surface area (Å²) in [5.41, 5.74) is 1.03. The summed E-state index contributed by atoms with van der Waals surface area (Å²) >= 11 is 0. The van der Waals surface area contributed by atoms with Gasteiger partial charge in [0, 0.05) is 0 Å². The minimum atomic E-state index is -0.898. The molecule has 0 saturated carbocycles. The first-order valence-corrected chi connectivity index (χ1v) is 6.24. The second-order valence-corrected chi connectivity index (χ2v) is 3.81. The first-order valence-electron chi connectivity index (χ1n) is 6.24. The minimum Gasteiger partial charge on any atom is -0.481 e. The quantitative estimate of drug-likeness (QED) is 0.507. The monoisotopic (exact) mass is 275 g/mol. The van der Waals surface area contributed by atoms with Crippen molar-refractivity contribution in [2.75, 3.05) is 19.8 Å². The van der Waals surface area contributed by atoms with Crippen molar-refractivity contribution >= 4 is 11.9 Å². The number of carbonyl (C=O) groups excluding carboxylic acids is 2. The molecular formula is C15H17NO4. The van der Waals surface area contributed by atoms with Gasteiger partial charge in [0.25, 0.3) is 0 Å². The second-order valence-electron chi connectivity index (χ2n) is 3.81. The van der Waals surface area contributed by atoms with Crippen molar-refractivity contribution in [3.63, 3.8) is 0 Å². The first kappa shape index (κ1) is 15.6. The molecule has 1 aromatic carbocycles. The van der Waals surface area contributed by atoms with Crippen LogP contribution in [0.3, 0.4) is 0 Å². The SMILES string of the molecule is CCOC(=O)C(=O)NCC#CCOc1ccccc1C. The molecule has 5 nitrogen and oxygen atoms in total. The van der Waals surface area contributed by atoms with Gasteiger partial charge in [0.1, 0.15) is 12.4 Å². The van der Waals surface area contributed by atoms with E-state index in [0.717, 1.165) is 11.3 Å². The van der Waals surface area contributed by atoms with Gasteiger partial charge < -0.3 is 14.8 Å². The van der Waals surface area contributed by atoms with Crippen LogP contribution in [0.25, 0.3) is 0 Å². The average molecular weight is 275 g/mol. The van der Waals surface area contributed by atoms with Gasteiger partial charge in [-0.05, 0) is 25.5 Å². The van der Waals surface area contributed by atoms with E-state index in [4.69, 9.17) is 4.74 Å². The van der Waals surface area contributed by atoms with Gasteiger partial charge in [0.2, 0.25) is 0 Å². The molecule has 0 unspecified atom stereocenters. The average Bonchev–Trinajstić information content (AvgIpc) is 2.44. The van der Waals surface area contributed by atoms with E-state index >= 15 is 0 Å². The van der Waals surface area contributed by atoms with Gasteiger partial charge in [-0.1, -0.05) is 30.0 Å². The molecule has 0 spiro atoms. The molecule has 0 saturated heterocycles. The van der Waals surface area contributed by atoms with Crippen LogP contribution in [0.5, 0.6) is 5.75 Å². The van der Waals surface area contributed by atoms with Gasteiger partial charge in [-0.2, -0.15) is 0 Å². The van der Waals surface area contributed by atoms with Crippen molar-refractivity contribution in [1.29, 1.82) is 0 Å². The molecule has 1 N–H and O–H groups in total. The van der Waals surface area contributed by atoms with Gasteiger partial charge in [-0.15, -0.1) is 0 Å². The lowest BCUT2D eigenvalue weighted by atomic mass is 10.2. The summed E-state index contributed by atoms with van der Waals surface area (Å²) in [6.07, 6.45) is 0. The van der Waals surface area contributed by atoms with Crippen molar-refractivity contribution in [3.05, 3.63) is 29.8 Å². The Morgan fingerprint density at radius 2 is 2.00 bits per heavy atom. The third kappa shape index (κ3) is 5.44. The Balaban J connectivity index is 2.26. The normalized spacial score (nSPS) is 9.10. The topological polar surface area (TPSA) is 64.6 Å².